The van der Waals surface area contributed by atoms with E-state index in [1.807, 2.05) is 31.2 Å². The molecule has 0 aliphatic carbocycles. The normalized spacial score (nSPS) is 13.8. The number of ether oxygens (including phenoxy) is 1. The largest absolute Gasteiger partial charge is 0.488 e. The predicted molar refractivity (Wildman–Crippen MR) is 75.5 cm³/mol. The molecule has 2 aromatic rings. The van der Waals surface area contributed by atoms with Crippen LogP contribution in [0.5, 0.6) is 5.75 Å². The lowest BCUT2D eigenvalue weighted by molar-refractivity contribution is 0.0479. The van der Waals surface area contributed by atoms with Gasteiger partial charge in [0.15, 0.2) is 0 Å². The molecule has 2 unspecified atom stereocenters. The third kappa shape index (κ3) is 4.23. The summed E-state index contributed by atoms with van der Waals surface area (Å²) in [6, 6.07) is 10.9. The van der Waals surface area contributed by atoms with Crippen LogP contribution in [0.25, 0.3) is 0 Å². The van der Waals surface area contributed by atoms with Gasteiger partial charge < -0.3 is 9.84 Å². The summed E-state index contributed by atoms with van der Waals surface area (Å²) in [5.74, 6) is 0.661. The van der Waals surface area contributed by atoms with Crippen LogP contribution in [0.3, 0.4) is 0 Å². The zero-order valence-electron chi connectivity index (χ0n) is 10.7. The molecule has 2 atom stereocenters. The first-order valence-corrected chi connectivity index (χ1v) is 6.52. The van der Waals surface area contributed by atoms with Gasteiger partial charge in [-0.25, -0.2) is 0 Å². The predicted octanol–water partition coefficient (Wildman–Crippen LogP) is 3.11. The van der Waals surface area contributed by atoms with E-state index >= 15 is 0 Å². The number of rotatable bonds is 5. The lowest BCUT2D eigenvalue weighted by atomic mass is 10.1. The molecule has 19 heavy (non-hydrogen) atoms. The fraction of sp³-hybridized carbons (Fsp3) is 0.267. The summed E-state index contributed by atoms with van der Waals surface area (Å²) < 4.78 is 5.68. The molecular weight excluding hydrogens is 262 g/mol. The van der Waals surface area contributed by atoms with Gasteiger partial charge in [0, 0.05) is 23.8 Å². The molecule has 0 fully saturated rings. The highest BCUT2D eigenvalue weighted by molar-refractivity contribution is 6.30. The van der Waals surface area contributed by atoms with Crippen LogP contribution in [0.1, 0.15) is 12.5 Å². The fourth-order valence-corrected chi connectivity index (χ4v) is 1.94. The van der Waals surface area contributed by atoms with Crippen molar-refractivity contribution in [2.75, 3.05) is 0 Å². The van der Waals surface area contributed by atoms with E-state index in [4.69, 9.17) is 16.3 Å². The zero-order chi connectivity index (χ0) is 13.7. The van der Waals surface area contributed by atoms with Gasteiger partial charge >= 0.3 is 0 Å². The highest BCUT2D eigenvalue weighted by atomic mass is 35.5. The average Bonchev–Trinajstić information content (AvgIpc) is 2.40. The lowest BCUT2D eigenvalue weighted by Crippen LogP contribution is -2.30. The van der Waals surface area contributed by atoms with Crippen molar-refractivity contribution in [2.45, 2.75) is 25.6 Å². The molecule has 0 radical (unpaired) electrons. The molecule has 0 amide bonds. The second kappa shape index (κ2) is 6.55. The minimum Gasteiger partial charge on any atom is -0.488 e. The number of pyridine rings is 1. The Morgan fingerprint density at radius 1 is 1.26 bits per heavy atom. The molecule has 4 heteroatoms. The van der Waals surface area contributed by atoms with Crippen LogP contribution >= 0.6 is 11.6 Å². The molecule has 2 rings (SSSR count). The molecule has 100 valence electrons. The van der Waals surface area contributed by atoms with E-state index in [9.17, 15) is 5.11 Å². The standard InChI is InChI=1S/C15H16ClNO2/c1-11(19-14-4-2-3-13(16)10-14)15(18)9-12-5-7-17-8-6-12/h2-8,10-11,15,18H,9H2,1H3. The van der Waals surface area contributed by atoms with Gasteiger partial charge in [-0.1, -0.05) is 17.7 Å². The summed E-state index contributed by atoms with van der Waals surface area (Å²) in [5.41, 5.74) is 1.03. The van der Waals surface area contributed by atoms with Crippen molar-refractivity contribution in [3.63, 3.8) is 0 Å². The highest BCUT2D eigenvalue weighted by Gasteiger charge is 2.16. The monoisotopic (exact) mass is 277 g/mol. The van der Waals surface area contributed by atoms with Crippen molar-refractivity contribution in [1.29, 1.82) is 0 Å². The number of nitrogens with zero attached hydrogens (tertiary/aromatic N) is 1. The molecule has 0 saturated carbocycles. The minimum atomic E-state index is -0.582. The summed E-state index contributed by atoms with van der Waals surface area (Å²) in [5, 5.41) is 10.7. The van der Waals surface area contributed by atoms with Crippen molar-refractivity contribution < 1.29 is 9.84 Å². The average molecular weight is 278 g/mol. The number of aliphatic hydroxyl groups excluding tert-OH is 1. The van der Waals surface area contributed by atoms with Gasteiger partial charge in [0.05, 0.1) is 6.10 Å². The molecule has 0 spiro atoms. The van der Waals surface area contributed by atoms with Gasteiger partial charge in [-0.2, -0.15) is 0 Å². The van der Waals surface area contributed by atoms with Gasteiger partial charge in [0.2, 0.25) is 0 Å². The first kappa shape index (κ1) is 13.8. The number of aliphatic hydroxyl groups is 1. The van der Waals surface area contributed by atoms with E-state index in [2.05, 4.69) is 4.98 Å². The van der Waals surface area contributed by atoms with Crippen molar-refractivity contribution >= 4 is 11.6 Å². The Morgan fingerprint density at radius 3 is 2.68 bits per heavy atom. The van der Waals surface area contributed by atoms with Crippen molar-refractivity contribution in [3.8, 4) is 5.75 Å². The van der Waals surface area contributed by atoms with Crippen molar-refractivity contribution in [2.24, 2.45) is 0 Å². The Balaban J connectivity index is 1.94. The summed E-state index contributed by atoms with van der Waals surface area (Å²) >= 11 is 5.89. The van der Waals surface area contributed by atoms with Crippen LogP contribution in [0, 0.1) is 0 Å². The minimum absolute atomic E-state index is 0.313. The summed E-state index contributed by atoms with van der Waals surface area (Å²) in [4.78, 5) is 3.95. The third-order valence-electron chi connectivity index (χ3n) is 2.85. The quantitative estimate of drug-likeness (QED) is 0.913. The van der Waals surface area contributed by atoms with Crippen LogP contribution in [0.15, 0.2) is 48.8 Å². The van der Waals surface area contributed by atoms with E-state index in [1.165, 1.54) is 0 Å². The van der Waals surface area contributed by atoms with E-state index in [0.29, 0.717) is 17.2 Å². The third-order valence-corrected chi connectivity index (χ3v) is 3.09. The Morgan fingerprint density at radius 2 is 2.00 bits per heavy atom. The Hall–Kier alpha value is -1.58. The molecule has 0 bridgehead atoms. The lowest BCUT2D eigenvalue weighted by Gasteiger charge is -2.20. The van der Waals surface area contributed by atoms with Crippen LogP contribution < -0.4 is 4.74 Å². The molecule has 3 nitrogen and oxygen atoms in total. The molecule has 0 saturated heterocycles. The van der Waals surface area contributed by atoms with E-state index in [-0.39, 0.29) is 6.10 Å². The zero-order valence-corrected chi connectivity index (χ0v) is 11.4. The Labute approximate surface area is 117 Å². The highest BCUT2D eigenvalue weighted by Crippen LogP contribution is 2.19. The second-order valence-corrected chi connectivity index (χ2v) is 4.84. The number of halogens is 1. The van der Waals surface area contributed by atoms with Crippen LogP contribution in [-0.4, -0.2) is 22.3 Å². The molecule has 1 aromatic carbocycles. The Bertz CT molecular complexity index is 519. The molecule has 0 aliphatic rings. The molecule has 1 N–H and O–H groups in total. The second-order valence-electron chi connectivity index (χ2n) is 4.41. The maximum absolute atomic E-state index is 10.1. The van der Waals surface area contributed by atoms with Gasteiger partial charge in [-0.3, -0.25) is 4.98 Å². The van der Waals surface area contributed by atoms with Crippen molar-refractivity contribution in [3.05, 3.63) is 59.4 Å². The molecular formula is C15H16ClNO2. The SMILES string of the molecule is CC(Oc1cccc(Cl)c1)C(O)Cc1ccncc1. The van der Waals surface area contributed by atoms with Crippen molar-refractivity contribution in [1.82, 2.24) is 4.98 Å². The number of benzene rings is 1. The van der Waals surface area contributed by atoms with Crippen LogP contribution in [0.4, 0.5) is 0 Å². The van der Waals surface area contributed by atoms with Gasteiger partial charge in [0.25, 0.3) is 0 Å². The first-order valence-electron chi connectivity index (χ1n) is 6.14. The molecule has 1 aromatic heterocycles. The number of aromatic nitrogens is 1. The molecule has 1 heterocycles. The maximum Gasteiger partial charge on any atom is 0.122 e. The first-order chi connectivity index (χ1) is 9.15. The van der Waals surface area contributed by atoms with Crippen LogP contribution in [-0.2, 0) is 6.42 Å². The summed E-state index contributed by atoms with van der Waals surface area (Å²) in [7, 11) is 0. The summed E-state index contributed by atoms with van der Waals surface area (Å²) in [6.07, 6.45) is 3.06. The van der Waals surface area contributed by atoms with E-state index in [0.717, 1.165) is 5.56 Å². The van der Waals surface area contributed by atoms with Gasteiger partial charge in [-0.15, -0.1) is 0 Å². The van der Waals surface area contributed by atoms with E-state index in [1.54, 1.807) is 24.5 Å². The van der Waals surface area contributed by atoms with Gasteiger partial charge in [0.1, 0.15) is 11.9 Å². The smallest absolute Gasteiger partial charge is 0.122 e. The fourth-order valence-electron chi connectivity index (χ4n) is 1.76. The van der Waals surface area contributed by atoms with Crippen LogP contribution in [0.2, 0.25) is 5.02 Å². The number of hydrogen-bond acceptors (Lipinski definition) is 3. The number of hydrogen-bond donors (Lipinski definition) is 1. The maximum atomic E-state index is 10.1. The van der Waals surface area contributed by atoms with E-state index < -0.39 is 6.10 Å². The topological polar surface area (TPSA) is 42.4 Å². The molecule has 0 aliphatic heterocycles. The van der Waals surface area contributed by atoms with Gasteiger partial charge in [-0.05, 0) is 42.8 Å². The summed E-state index contributed by atoms with van der Waals surface area (Å²) in [6.45, 7) is 1.84. The Kier molecular flexibility index (Phi) is 4.77.